The highest BCUT2D eigenvalue weighted by Crippen LogP contribution is 2.41. The maximum absolute atomic E-state index is 9.20. The summed E-state index contributed by atoms with van der Waals surface area (Å²) in [5.41, 5.74) is 2.28. The number of aliphatic hydroxyl groups excluding tert-OH is 1. The third kappa shape index (κ3) is 2.25. The molecule has 1 unspecified atom stereocenters. The van der Waals surface area contributed by atoms with E-state index in [0.717, 1.165) is 29.0 Å². The average molecular weight is 236 g/mol. The minimum absolute atomic E-state index is 0.00295. The van der Waals surface area contributed by atoms with Gasteiger partial charge in [0.1, 0.15) is 17.6 Å². The number of rotatable bonds is 2. The Hall–Kier alpha value is -1.22. The van der Waals surface area contributed by atoms with Crippen LogP contribution >= 0.6 is 0 Å². The van der Waals surface area contributed by atoms with E-state index >= 15 is 0 Å². The molecule has 1 N–H and O–H groups in total. The third-order valence-electron chi connectivity index (χ3n) is 3.12. The molecule has 1 aliphatic rings. The molecule has 1 aromatic carbocycles. The van der Waals surface area contributed by atoms with Crippen LogP contribution in [0.4, 0.5) is 0 Å². The van der Waals surface area contributed by atoms with Gasteiger partial charge in [-0.05, 0) is 17.5 Å². The summed E-state index contributed by atoms with van der Waals surface area (Å²) in [7, 11) is 1.67. The van der Waals surface area contributed by atoms with Gasteiger partial charge in [0.2, 0.25) is 0 Å². The molecule has 0 spiro atoms. The van der Waals surface area contributed by atoms with Crippen molar-refractivity contribution in [2.75, 3.05) is 13.7 Å². The molecule has 94 valence electrons. The number of hydrogen-bond donors (Lipinski definition) is 1. The lowest BCUT2D eigenvalue weighted by molar-refractivity contribution is 0.133. The highest BCUT2D eigenvalue weighted by atomic mass is 16.5. The minimum Gasteiger partial charge on any atom is -0.497 e. The zero-order valence-electron chi connectivity index (χ0n) is 10.9. The van der Waals surface area contributed by atoms with Gasteiger partial charge >= 0.3 is 0 Å². The van der Waals surface area contributed by atoms with E-state index in [1.165, 1.54) is 0 Å². The van der Waals surface area contributed by atoms with Crippen molar-refractivity contribution in [3.8, 4) is 11.5 Å². The van der Waals surface area contributed by atoms with Crippen LogP contribution in [0.5, 0.6) is 11.5 Å². The Labute approximate surface area is 102 Å². The van der Waals surface area contributed by atoms with Crippen LogP contribution < -0.4 is 9.47 Å². The second-order valence-electron chi connectivity index (χ2n) is 5.54. The highest BCUT2D eigenvalue weighted by Gasteiger charge is 2.30. The van der Waals surface area contributed by atoms with Crippen LogP contribution in [0.15, 0.2) is 12.1 Å². The quantitative estimate of drug-likeness (QED) is 0.856. The molecule has 3 heteroatoms. The van der Waals surface area contributed by atoms with Crippen LogP contribution in [0.1, 0.15) is 31.9 Å². The summed E-state index contributed by atoms with van der Waals surface area (Å²) in [5, 5.41) is 9.20. The maximum Gasteiger partial charge on any atom is 0.127 e. The van der Waals surface area contributed by atoms with Gasteiger partial charge in [-0.1, -0.05) is 20.8 Å². The zero-order valence-corrected chi connectivity index (χ0v) is 10.9. The molecule has 0 fully saturated rings. The van der Waals surface area contributed by atoms with Crippen molar-refractivity contribution in [1.82, 2.24) is 0 Å². The summed E-state index contributed by atoms with van der Waals surface area (Å²) in [5.74, 6) is 1.79. The van der Waals surface area contributed by atoms with Crippen LogP contribution in [-0.4, -0.2) is 24.9 Å². The van der Waals surface area contributed by atoms with Gasteiger partial charge in [0, 0.05) is 17.5 Å². The molecule has 1 atom stereocenters. The van der Waals surface area contributed by atoms with Crippen molar-refractivity contribution < 1.29 is 14.6 Å². The van der Waals surface area contributed by atoms with Crippen LogP contribution in [0, 0.1) is 0 Å². The highest BCUT2D eigenvalue weighted by molar-refractivity contribution is 5.52. The summed E-state index contributed by atoms with van der Waals surface area (Å²) in [6, 6.07) is 4.03. The van der Waals surface area contributed by atoms with Gasteiger partial charge in [-0.3, -0.25) is 0 Å². The van der Waals surface area contributed by atoms with Gasteiger partial charge in [0.15, 0.2) is 0 Å². The summed E-state index contributed by atoms with van der Waals surface area (Å²) in [6.07, 6.45) is 0.643. The molecule has 1 aromatic rings. The van der Waals surface area contributed by atoms with E-state index in [1.807, 2.05) is 12.1 Å². The normalized spacial score (nSPS) is 18.8. The molecule has 0 aromatic heterocycles. The lowest BCUT2D eigenvalue weighted by Crippen LogP contribution is -2.19. The molecule has 0 aliphatic carbocycles. The van der Waals surface area contributed by atoms with Gasteiger partial charge in [-0.2, -0.15) is 0 Å². The van der Waals surface area contributed by atoms with Crippen molar-refractivity contribution in [2.24, 2.45) is 0 Å². The molecule has 1 aliphatic heterocycles. The molecule has 0 saturated heterocycles. The lowest BCUT2D eigenvalue weighted by Gasteiger charge is -2.23. The van der Waals surface area contributed by atoms with Gasteiger partial charge < -0.3 is 14.6 Å². The first-order valence-corrected chi connectivity index (χ1v) is 5.94. The van der Waals surface area contributed by atoms with Gasteiger partial charge in [-0.25, -0.2) is 0 Å². The predicted octanol–water partition coefficient (Wildman–Crippen LogP) is 2.29. The van der Waals surface area contributed by atoms with Crippen molar-refractivity contribution in [2.45, 2.75) is 38.7 Å². The lowest BCUT2D eigenvalue weighted by atomic mass is 9.85. The number of fused-ring (bicyclic) bond motifs is 1. The second kappa shape index (κ2) is 4.22. The van der Waals surface area contributed by atoms with Crippen LogP contribution in [0.2, 0.25) is 0 Å². The Morgan fingerprint density at radius 3 is 2.65 bits per heavy atom. The SMILES string of the molecule is COc1cc2c(c(C(C)(C)C)c1)OC(CO)C2. The van der Waals surface area contributed by atoms with Gasteiger partial charge in [0.25, 0.3) is 0 Å². The number of ether oxygens (including phenoxy) is 2. The zero-order chi connectivity index (χ0) is 12.6. The Morgan fingerprint density at radius 1 is 1.41 bits per heavy atom. The molecule has 0 bridgehead atoms. The van der Waals surface area contributed by atoms with Crippen LogP contribution in [-0.2, 0) is 11.8 Å². The van der Waals surface area contributed by atoms with Crippen molar-refractivity contribution in [3.63, 3.8) is 0 Å². The summed E-state index contributed by atoms with van der Waals surface area (Å²) < 4.78 is 11.1. The van der Waals surface area contributed by atoms with E-state index in [4.69, 9.17) is 9.47 Å². The summed E-state index contributed by atoms with van der Waals surface area (Å²) >= 11 is 0. The smallest absolute Gasteiger partial charge is 0.127 e. The van der Waals surface area contributed by atoms with Gasteiger partial charge in [-0.15, -0.1) is 0 Å². The van der Waals surface area contributed by atoms with Crippen molar-refractivity contribution >= 4 is 0 Å². The fourth-order valence-corrected chi connectivity index (χ4v) is 2.18. The Bertz CT molecular complexity index is 418. The Morgan fingerprint density at radius 2 is 2.12 bits per heavy atom. The Kier molecular flexibility index (Phi) is 3.04. The summed E-state index contributed by atoms with van der Waals surface area (Å²) in [6.45, 7) is 6.51. The predicted molar refractivity (Wildman–Crippen MR) is 66.9 cm³/mol. The molecular weight excluding hydrogens is 216 g/mol. The molecule has 0 saturated carbocycles. The minimum atomic E-state index is -0.113. The first-order chi connectivity index (χ1) is 7.95. The molecule has 0 radical (unpaired) electrons. The van der Waals surface area contributed by atoms with E-state index in [1.54, 1.807) is 7.11 Å². The second-order valence-corrected chi connectivity index (χ2v) is 5.54. The average Bonchev–Trinajstić information content (AvgIpc) is 2.68. The molecule has 1 heterocycles. The third-order valence-corrected chi connectivity index (χ3v) is 3.12. The van der Waals surface area contributed by atoms with Gasteiger partial charge in [0.05, 0.1) is 13.7 Å². The van der Waals surface area contributed by atoms with E-state index in [9.17, 15) is 5.11 Å². The largest absolute Gasteiger partial charge is 0.497 e. The molecular formula is C14H20O3. The fourth-order valence-electron chi connectivity index (χ4n) is 2.18. The molecule has 17 heavy (non-hydrogen) atoms. The maximum atomic E-state index is 9.20. The van der Waals surface area contributed by atoms with Crippen molar-refractivity contribution in [1.29, 1.82) is 0 Å². The number of methoxy groups -OCH3 is 1. The van der Waals surface area contributed by atoms with E-state index in [2.05, 4.69) is 20.8 Å². The van der Waals surface area contributed by atoms with Crippen LogP contribution in [0.25, 0.3) is 0 Å². The monoisotopic (exact) mass is 236 g/mol. The first-order valence-electron chi connectivity index (χ1n) is 5.94. The molecule has 2 rings (SSSR count). The topological polar surface area (TPSA) is 38.7 Å². The molecule has 3 nitrogen and oxygen atoms in total. The van der Waals surface area contributed by atoms with E-state index in [0.29, 0.717) is 0 Å². The first kappa shape index (κ1) is 12.2. The van der Waals surface area contributed by atoms with Crippen LogP contribution in [0.3, 0.4) is 0 Å². The Balaban J connectivity index is 2.50. The van der Waals surface area contributed by atoms with E-state index in [-0.39, 0.29) is 18.1 Å². The number of aliphatic hydroxyl groups is 1. The summed E-state index contributed by atoms with van der Waals surface area (Å²) in [4.78, 5) is 0. The van der Waals surface area contributed by atoms with E-state index < -0.39 is 0 Å². The van der Waals surface area contributed by atoms with Crippen molar-refractivity contribution in [3.05, 3.63) is 23.3 Å². The fraction of sp³-hybridized carbons (Fsp3) is 0.571. The number of benzene rings is 1. The molecule has 0 amide bonds. The standard InChI is InChI=1S/C14H20O3/c1-14(2,3)12-7-10(16-4)5-9-6-11(8-15)17-13(9)12/h5,7,11,15H,6,8H2,1-4H3. The number of hydrogen-bond acceptors (Lipinski definition) is 3.